The molecule has 0 fully saturated rings. The average Bonchev–Trinajstić information content (AvgIpc) is 2.71. The Morgan fingerprint density at radius 2 is 1.83 bits per heavy atom. The first-order chi connectivity index (χ1) is 14.1. The van der Waals surface area contributed by atoms with Crippen molar-refractivity contribution in [1.29, 1.82) is 0 Å². The molecule has 0 unspecified atom stereocenters. The Balaban J connectivity index is 1.70. The van der Waals surface area contributed by atoms with Gasteiger partial charge < -0.3 is 14.3 Å². The van der Waals surface area contributed by atoms with Crippen LogP contribution in [-0.4, -0.2) is 31.5 Å². The first-order valence-corrected chi connectivity index (χ1v) is 10.1. The lowest BCUT2D eigenvalue weighted by Crippen LogP contribution is -2.02. The van der Waals surface area contributed by atoms with E-state index in [0.717, 1.165) is 60.6 Å². The molecule has 0 radical (unpaired) electrons. The normalized spacial score (nSPS) is 11.3. The first kappa shape index (κ1) is 22.5. The number of hydrogen-bond acceptors (Lipinski definition) is 5. The van der Waals surface area contributed by atoms with Crippen molar-refractivity contribution >= 4 is 6.21 Å². The number of rotatable bonds is 12. The van der Waals surface area contributed by atoms with Gasteiger partial charge in [-0.3, -0.25) is 4.98 Å². The van der Waals surface area contributed by atoms with E-state index >= 15 is 0 Å². The van der Waals surface area contributed by atoms with E-state index < -0.39 is 0 Å². The maximum absolute atomic E-state index is 6.05. The summed E-state index contributed by atoms with van der Waals surface area (Å²) >= 11 is 0. The highest BCUT2D eigenvalue weighted by Crippen LogP contribution is 2.28. The van der Waals surface area contributed by atoms with Gasteiger partial charge in [-0.2, -0.15) is 0 Å². The van der Waals surface area contributed by atoms with Gasteiger partial charge in [0.15, 0.2) is 0 Å². The predicted molar refractivity (Wildman–Crippen MR) is 118 cm³/mol. The minimum absolute atomic E-state index is 0.592. The lowest BCUT2D eigenvalue weighted by Gasteiger charge is -2.14. The second-order valence-electron chi connectivity index (χ2n) is 6.93. The summed E-state index contributed by atoms with van der Waals surface area (Å²) in [7, 11) is 1.52. The number of unbranched alkanes of at least 4 members (excludes halogenated alkanes) is 2. The third-order valence-electron chi connectivity index (χ3n) is 4.51. The van der Waals surface area contributed by atoms with Gasteiger partial charge in [-0.1, -0.05) is 23.4 Å². The Kier molecular flexibility index (Phi) is 9.76. The molecule has 156 valence electrons. The summed E-state index contributed by atoms with van der Waals surface area (Å²) in [6.45, 7) is 7.44. The smallest absolute Gasteiger partial charge is 0.125 e. The van der Waals surface area contributed by atoms with Gasteiger partial charge in [0.25, 0.3) is 0 Å². The monoisotopic (exact) mass is 396 g/mol. The maximum atomic E-state index is 6.05. The molecule has 5 nitrogen and oxygen atoms in total. The van der Waals surface area contributed by atoms with Crippen LogP contribution < -0.4 is 9.47 Å². The van der Waals surface area contributed by atoms with E-state index in [2.05, 4.69) is 34.9 Å². The van der Waals surface area contributed by atoms with Crippen molar-refractivity contribution in [3.63, 3.8) is 0 Å². The lowest BCUT2D eigenvalue weighted by molar-refractivity contribution is 0.215. The Hall–Kier alpha value is -2.82. The van der Waals surface area contributed by atoms with Crippen LogP contribution in [0.5, 0.6) is 11.5 Å². The molecule has 0 atom stereocenters. The van der Waals surface area contributed by atoms with Crippen LogP contribution in [-0.2, 0) is 11.3 Å². The van der Waals surface area contributed by atoms with E-state index in [1.54, 1.807) is 6.21 Å². The minimum atomic E-state index is 0.592. The SMILES string of the molecule is C/C=C/COc1cc(C)c(OCCCCCc2ccc(/C=N/OC)nc2)c(C)c1. The van der Waals surface area contributed by atoms with Gasteiger partial charge in [0.2, 0.25) is 0 Å². The summed E-state index contributed by atoms with van der Waals surface area (Å²) in [5, 5.41) is 3.72. The van der Waals surface area contributed by atoms with Gasteiger partial charge in [0, 0.05) is 6.20 Å². The average molecular weight is 397 g/mol. The molecule has 1 aromatic heterocycles. The molecular weight excluding hydrogens is 364 g/mol. The molecule has 0 saturated carbocycles. The third-order valence-corrected chi connectivity index (χ3v) is 4.51. The zero-order valence-electron chi connectivity index (χ0n) is 18.0. The highest BCUT2D eigenvalue weighted by molar-refractivity contribution is 5.76. The van der Waals surface area contributed by atoms with Crippen LogP contribution in [0.3, 0.4) is 0 Å². The number of ether oxygens (including phenoxy) is 2. The van der Waals surface area contributed by atoms with E-state index in [1.165, 1.54) is 12.7 Å². The Morgan fingerprint density at radius 3 is 2.48 bits per heavy atom. The van der Waals surface area contributed by atoms with E-state index in [9.17, 15) is 0 Å². The second-order valence-corrected chi connectivity index (χ2v) is 6.93. The van der Waals surface area contributed by atoms with Crippen molar-refractivity contribution < 1.29 is 14.3 Å². The van der Waals surface area contributed by atoms with Crippen LogP contribution in [0.2, 0.25) is 0 Å². The number of benzene rings is 1. The van der Waals surface area contributed by atoms with E-state index in [1.807, 2.05) is 43.5 Å². The lowest BCUT2D eigenvalue weighted by atomic mass is 10.1. The number of pyridine rings is 1. The van der Waals surface area contributed by atoms with Crippen molar-refractivity contribution in [2.24, 2.45) is 5.16 Å². The summed E-state index contributed by atoms with van der Waals surface area (Å²) in [6.07, 6.45) is 11.8. The molecule has 0 spiro atoms. The molecule has 0 amide bonds. The van der Waals surface area contributed by atoms with Crippen molar-refractivity contribution in [2.75, 3.05) is 20.3 Å². The minimum Gasteiger partial charge on any atom is -0.493 e. The number of aryl methyl sites for hydroxylation is 3. The Morgan fingerprint density at radius 1 is 1.03 bits per heavy atom. The van der Waals surface area contributed by atoms with Gasteiger partial charge in [-0.15, -0.1) is 0 Å². The van der Waals surface area contributed by atoms with Crippen LogP contribution in [0.15, 0.2) is 47.8 Å². The third kappa shape index (κ3) is 7.98. The van der Waals surface area contributed by atoms with Crippen molar-refractivity contribution in [3.8, 4) is 11.5 Å². The molecule has 1 heterocycles. The van der Waals surface area contributed by atoms with Gasteiger partial charge in [0.05, 0.1) is 18.5 Å². The highest BCUT2D eigenvalue weighted by atomic mass is 16.6. The van der Waals surface area contributed by atoms with E-state index in [0.29, 0.717) is 6.61 Å². The fourth-order valence-electron chi connectivity index (χ4n) is 3.01. The van der Waals surface area contributed by atoms with Crippen LogP contribution in [0.1, 0.15) is 48.6 Å². The molecule has 0 bridgehead atoms. The summed E-state index contributed by atoms with van der Waals surface area (Å²) < 4.78 is 11.8. The fourth-order valence-corrected chi connectivity index (χ4v) is 3.01. The number of oxime groups is 1. The van der Waals surface area contributed by atoms with Crippen molar-refractivity contribution in [1.82, 2.24) is 4.98 Å². The van der Waals surface area contributed by atoms with E-state index in [4.69, 9.17) is 9.47 Å². The molecule has 0 aliphatic heterocycles. The molecule has 0 aliphatic rings. The maximum Gasteiger partial charge on any atom is 0.125 e. The molecule has 29 heavy (non-hydrogen) atoms. The molecule has 5 heteroatoms. The topological polar surface area (TPSA) is 52.9 Å². The number of nitrogens with zero attached hydrogens (tertiary/aromatic N) is 2. The van der Waals surface area contributed by atoms with Crippen LogP contribution >= 0.6 is 0 Å². The quantitative estimate of drug-likeness (QED) is 0.208. The van der Waals surface area contributed by atoms with Gasteiger partial charge >= 0.3 is 0 Å². The molecule has 2 rings (SSSR count). The molecule has 1 aromatic carbocycles. The Labute approximate surface area is 174 Å². The van der Waals surface area contributed by atoms with Gasteiger partial charge in [0.1, 0.15) is 25.2 Å². The summed E-state index contributed by atoms with van der Waals surface area (Å²) in [5.41, 5.74) is 4.26. The highest BCUT2D eigenvalue weighted by Gasteiger charge is 2.07. The zero-order chi connectivity index (χ0) is 20.9. The number of aromatic nitrogens is 1. The number of hydrogen-bond donors (Lipinski definition) is 0. The summed E-state index contributed by atoms with van der Waals surface area (Å²) in [4.78, 5) is 9.01. The second kappa shape index (κ2) is 12.6. The fraction of sp³-hybridized carbons (Fsp3) is 0.417. The zero-order valence-corrected chi connectivity index (χ0v) is 18.0. The molecule has 2 aromatic rings. The number of allylic oxidation sites excluding steroid dienone is 1. The Bertz CT molecular complexity index is 775. The van der Waals surface area contributed by atoms with Crippen LogP contribution in [0.25, 0.3) is 0 Å². The van der Waals surface area contributed by atoms with Crippen LogP contribution in [0.4, 0.5) is 0 Å². The molecular formula is C24H32N2O3. The van der Waals surface area contributed by atoms with Gasteiger partial charge in [-0.05, 0) is 81.3 Å². The van der Waals surface area contributed by atoms with Crippen molar-refractivity contribution in [3.05, 3.63) is 65.0 Å². The standard InChI is InChI=1S/C24H32N2O3/c1-5-6-13-28-23-15-19(2)24(20(3)16-23)29-14-9-7-8-10-21-11-12-22(25-17-21)18-26-27-4/h5-6,11-12,15-18H,7-10,13-14H2,1-4H3/b6-5+,26-18+. The largest absolute Gasteiger partial charge is 0.493 e. The van der Waals surface area contributed by atoms with Gasteiger partial charge in [-0.25, -0.2) is 0 Å². The summed E-state index contributed by atoms with van der Waals surface area (Å²) in [5.74, 6) is 1.86. The van der Waals surface area contributed by atoms with Crippen LogP contribution in [0, 0.1) is 13.8 Å². The molecule has 0 aliphatic carbocycles. The first-order valence-electron chi connectivity index (χ1n) is 10.1. The summed E-state index contributed by atoms with van der Waals surface area (Å²) in [6, 6.07) is 8.13. The van der Waals surface area contributed by atoms with Crippen molar-refractivity contribution in [2.45, 2.75) is 46.5 Å². The molecule has 0 saturated heterocycles. The molecule has 0 N–H and O–H groups in total. The van der Waals surface area contributed by atoms with E-state index in [-0.39, 0.29) is 0 Å². The predicted octanol–water partition coefficient (Wildman–Crippen LogP) is 5.43.